The second-order valence-corrected chi connectivity index (χ2v) is 7.07. The van der Waals surface area contributed by atoms with E-state index in [1.165, 1.54) is 5.56 Å². The normalized spacial score (nSPS) is 11.4. The van der Waals surface area contributed by atoms with Gasteiger partial charge in [-0.05, 0) is 47.5 Å². The number of hydrogen-bond donors (Lipinski definition) is 1. The molecular weight excluding hydrogens is 300 g/mol. The van der Waals surface area contributed by atoms with Crippen LogP contribution in [-0.4, -0.2) is 27.6 Å². The van der Waals surface area contributed by atoms with Gasteiger partial charge in [0.05, 0.1) is 0 Å². The largest absolute Gasteiger partial charge is 0.313 e. The highest BCUT2D eigenvalue weighted by atomic mass is 32.2. The fourth-order valence-electron chi connectivity index (χ4n) is 2.20. The van der Waals surface area contributed by atoms with Gasteiger partial charge in [-0.1, -0.05) is 25.6 Å². The van der Waals surface area contributed by atoms with E-state index in [-0.39, 0.29) is 0 Å². The smallest absolute Gasteiger partial charge is 0.190 e. The number of rotatable bonds is 9. The highest BCUT2D eigenvalue weighted by molar-refractivity contribution is 7.98. The number of thioether (sulfide) groups is 1. The second-order valence-electron chi connectivity index (χ2n) is 5.52. The van der Waals surface area contributed by atoms with Crippen LogP contribution in [0.2, 0.25) is 0 Å². The first-order valence-electron chi connectivity index (χ1n) is 7.38. The van der Waals surface area contributed by atoms with Crippen molar-refractivity contribution in [3.8, 4) is 0 Å². The van der Waals surface area contributed by atoms with E-state index in [1.54, 1.807) is 23.1 Å². The molecule has 2 heterocycles. The van der Waals surface area contributed by atoms with Gasteiger partial charge in [-0.25, -0.2) is 0 Å². The van der Waals surface area contributed by atoms with Crippen LogP contribution in [0, 0.1) is 5.92 Å². The zero-order valence-electron chi connectivity index (χ0n) is 13.0. The van der Waals surface area contributed by atoms with Gasteiger partial charge in [0.1, 0.15) is 5.82 Å². The van der Waals surface area contributed by atoms with Crippen molar-refractivity contribution in [2.75, 3.05) is 12.8 Å². The van der Waals surface area contributed by atoms with Crippen molar-refractivity contribution in [2.24, 2.45) is 5.92 Å². The van der Waals surface area contributed by atoms with Crippen molar-refractivity contribution in [3.05, 3.63) is 28.2 Å². The van der Waals surface area contributed by atoms with Crippen LogP contribution in [0.5, 0.6) is 0 Å². The SMILES string of the molecule is CSc1nnc(CCCNCc2ccsc2)n1CC(C)C. The molecule has 0 spiro atoms. The predicted octanol–water partition coefficient (Wildman–Crippen LogP) is 3.44. The Hall–Kier alpha value is -0.850. The molecule has 0 amide bonds. The van der Waals surface area contributed by atoms with Crippen LogP contribution in [0.1, 0.15) is 31.7 Å². The predicted molar refractivity (Wildman–Crippen MR) is 91.0 cm³/mol. The molecule has 1 N–H and O–H groups in total. The Bertz CT molecular complexity index is 520. The van der Waals surface area contributed by atoms with Crippen molar-refractivity contribution >= 4 is 23.1 Å². The molecule has 0 aromatic carbocycles. The molecule has 0 aliphatic carbocycles. The lowest BCUT2D eigenvalue weighted by Crippen LogP contribution is -2.16. The standard InChI is InChI=1S/C15H24N4S2/c1-12(2)10-19-14(17-18-15(19)20-3)5-4-7-16-9-13-6-8-21-11-13/h6,8,11-12,16H,4-5,7,9-10H2,1-3H3. The summed E-state index contributed by atoms with van der Waals surface area (Å²) in [7, 11) is 0. The van der Waals surface area contributed by atoms with E-state index in [9.17, 15) is 0 Å². The Labute approximate surface area is 135 Å². The molecule has 0 unspecified atom stereocenters. The summed E-state index contributed by atoms with van der Waals surface area (Å²) in [6.45, 7) is 7.44. The van der Waals surface area contributed by atoms with Crippen LogP contribution in [0.3, 0.4) is 0 Å². The van der Waals surface area contributed by atoms with Crippen LogP contribution >= 0.6 is 23.1 Å². The number of nitrogens with zero attached hydrogens (tertiary/aromatic N) is 3. The topological polar surface area (TPSA) is 42.7 Å². The van der Waals surface area contributed by atoms with E-state index < -0.39 is 0 Å². The van der Waals surface area contributed by atoms with Crippen LogP contribution < -0.4 is 5.32 Å². The lowest BCUT2D eigenvalue weighted by atomic mass is 10.2. The molecule has 0 aliphatic heterocycles. The summed E-state index contributed by atoms with van der Waals surface area (Å²) in [5.41, 5.74) is 1.37. The number of nitrogens with one attached hydrogen (secondary N) is 1. The minimum absolute atomic E-state index is 0.613. The van der Waals surface area contributed by atoms with E-state index in [2.05, 4.69) is 57.0 Å². The van der Waals surface area contributed by atoms with Gasteiger partial charge in [-0.2, -0.15) is 11.3 Å². The van der Waals surface area contributed by atoms with Gasteiger partial charge in [0.25, 0.3) is 0 Å². The van der Waals surface area contributed by atoms with Crippen molar-refractivity contribution in [1.82, 2.24) is 20.1 Å². The monoisotopic (exact) mass is 324 g/mol. The van der Waals surface area contributed by atoms with Crippen LogP contribution in [-0.2, 0) is 19.5 Å². The summed E-state index contributed by atoms with van der Waals surface area (Å²) in [5.74, 6) is 1.73. The molecule has 0 fully saturated rings. The summed E-state index contributed by atoms with van der Waals surface area (Å²) in [6.07, 6.45) is 4.14. The fraction of sp³-hybridized carbons (Fsp3) is 0.600. The lowest BCUT2D eigenvalue weighted by Gasteiger charge is -2.11. The highest BCUT2D eigenvalue weighted by Gasteiger charge is 2.12. The molecule has 116 valence electrons. The number of aromatic nitrogens is 3. The Kier molecular flexibility index (Phi) is 6.73. The van der Waals surface area contributed by atoms with E-state index in [0.29, 0.717) is 5.92 Å². The van der Waals surface area contributed by atoms with E-state index >= 15 is 0 Å². The van der Waals surface area contributed by atoms with Crippen molar-refractivity contribution in [3.63, 3.8) is 0 Å². The minimum atomic E-state index is 0.613. The third-order valence-corrected chi connectivity index (χ3v) is 4.59. The number of hydrogen-bond acceptors (Lipinski definition) is 5. The van der Waals surface area contributed by atoms with Gasteiger partial charge in [-0.3, -0.25) is 0 Å². The molecule has 6 heteroatoms. The van der Waals surface area contributed by atoms with Gasteiger partial charge in [0.15, 0.2) is 5.16 Å². The lowest BCUT2D eigenvalue weighted by molar-refractivity contribution is 0.476. The molecule has 0 saturated carbocycles. The molecule has 0 atom stereocenters. The number of aryl methyl sites for hydroxylation is 1. The summed E-state index contributed by atoms with van der Waals surface area (Å²) in [6, 6.07) is 2.17. The van der Waals surface area contributed by atoms with Crippen LogP contribution in [0.25, 0.3) is 0 Å². The van der Waals surface area contributed by atoms with Crippen molar-refractivity contribution in [1.29, 1.82) is 0 Å². The second kappa shape index (κ2) is 8.56. The molecule has 0 bridgehead atoms. The van der Waals surface area contributed by atoms with E-state index in [1.807, 2.05) is 0 Å². The molecule has 2 aromatic rings. The zero-order chi connectivity index (χ0) is 15.1. The Morgan fingerprint density at radius 1 is 1.38 bits per heavy atom. The van der Waals surface area contributed by atoms with Gasteiger partial charge in [0.2, 0.25) is 0 Å². The van der Waals surface area contributed by atoms with Gasteiger partial charge in [-0.15, -0.1) is 10.2 Å². The first-order valence-corrected chi connectivity index (χ1v) is 9.55. The molecular formula is C15H24N4S2. The molecule has 2 aromatic heterocycles. The third-order valence-electron chi connectivity index (χ3n) is 3.19. The summed E-state index contributed by atoms with van der Waals surface area (Å²) in [4.78, 5) is 0. The molecule has 0 saturated heterocycles. The first-order chi connectivity index (χ1) is 10.2. The van der Waals surface area contributed by atoms with E-state index in [4.69, 9.17) is 0 Å². The fourth-order valence-corrected chi connectivity index (χ4v) is 3.39. The van der Waals surface area contributed by atoms with Gasteiger partial charge >= 0.3 is 0 Å². The maximum atomic E-state index is 4.35. The molecule has 0 radical (unpaired) electrons. The molecule has 4 nitrogen and oxygen atoms in total. The van der Waals surface area contributed by atoms with Gasteiger partial charge in [0, 0.05) is 19.5 Å². The number of thiophene rings is 1. The quantitative estimate of drug-likeness (QED) is 0.567. The summed E-state index contributed by atoms with van der Waals surface area (Å²) >= 11 is 3.42. The Balaban J connectivity index is 1.78. The maximum Gasteiger partial charge on any atom is 0.190 e. The van der Waals surface area contributed by atoms with Crippen LogP contribution in [0.15, 0.2) is 22.0 Å². The zero-order valence-corrected chi connectivity index (χ0v) is 14.6. The third kappa shape index (κ3) is 5.13. The Morgan fingerprint density at radius 3 is 2.90 bits per heavy atom. The molecule has 21 heavy (non-hydrogen) atoms. The average molecular weight is 325 g/mol. The average Bonchev–Trinajstić information content (AvgIpc) is 3.08. The van der Waals surface area contributed by atoms with Crippen molar-refractivity contribution < 1.29 is 0 Å². The van der Waals surface area contributed by atoms with Gasteiger partial charge < -0.3 is 9.88 Å². The van der Waals surface area contributed by atoms with E-state index in [0.717, 1.165) is 43.5 Å². The Morgan fingerprint density at radius 2 is 2.24 bits per heavy atom. The molecule has 2 rings (SSSR count). The minimum Gasteiger partial charge on any atom is -0.313 e. The van der Waals surface area contributed by atoms with Crippen molar-refractivity contribution in [2.45, 2.75) is 44.9 Å². The summed E-state index contributed by atoms with van der Waals surface area (Å²) < 4.78 is 2.27. The van der Waals surface area contributed by atoms with Crippen LogP contribution in [0.4, 0.5) is 0 Å². The highest BCUT2D eigenvalue weighted by Crippen LogP contribution is 2.16. The summed E-state index contributed by atoms with van der Waals surface area (Å²) in [5, 5.41) is 17.5. The first kappa shape index (κ1) is 16.5. The molecule has 0 aliphatic rings. The maximum absolute atomic E-state index is 4.35.